The molecular weight excluding hydrogens is 232 g/mol. The van der Waals surface area contributed by atoms with Crippen LogP contribution >= 0.6 is 11.6 Å². The Balaban J connectivity index is 2.26. The van der Waals surface area contributed by atoms with Crippen molar-refractivity contribution in [3.05, 3.63) is 35.0 Å². The van der Waals surface area contributed by atoms with Crippen molar-refractivity contribution in [3.8, 4) is 0 Å². The van der Waals surface area contributed by atoms with Crippen LogP contribution in [0.15, 0.2) is 24.4 Å². The first-order valence-corrected chi connectivity index (χ1v) is 6.61. The van der Waals surface area contributed by atoms with Crippen LogP contribution in [-0.4, -0.2) is 17.6 Å². The standard InChI is InChI=1S/C14H19ClN2/c1-3-12(16-4-2)7-10-9-17-14-6-5-11(15)8-13(10)14/h5-6,8-9,12,16-17H,3-4,7H2,1-2H3. The van der Waals surface area contributed by atoms with E-state index >= 15 is 0 Å². The lowest BCUT2D eigenvalue weighted by Crippen LogP contribution is -2.30. The number of halogens is 1. The molecule has 0 aliphatic carbocycles. The fourth-order valence-corrected chi connectivity index (χ4v) is 2.41. The van der Waals surface area contributed by atoms with Crippen molar-refractivity contribution in [2.24, 2.45) is 0 Å². The van der Waals surface area contributed by atoms with Crippen LogP contribution < -0.4 is 5.32 Å². The topological polar surface area (TPSA) is 27.8 Å². The summed E-state index contributed by atoms with van der Waals surface area (Å²) in [5, 5.41) is 5.55. The van der Waals surface area contributed by atoms with Gasteiger partial charge in [-0.3, -0.25) is 0 Å². The summed E-state index contributed by atoms with van der Waals surface area (Å²) in [5.41, 5.74) is 2.51. The third-order valence-corrected chi connectivity index (χ3v) is 3.42. The van der Waals surface area contributed by atoms with Crippen LogP contribution in [-0.2, 0) is 6.42 Å². The second-order valence-electron chi connectivity index (χ2n) is 4.37. The van der Waals surface area contributed by atoms with Gasteiger partial charge in [-0.2, -0.15) is 0 Å². The van der Waals surface area contributed by atoms with Gasteiger partial charge in [-0.1, -0.05) is 25.4 Å². The predicted octanol–water partition coefficient (Wildman–Crippen LogP) is 3.75. The normalized spacial score (nSPS) is 13.1. The molecule has 0 bridgehead atoms. The number of aromatic nitrogens is 1. The Hall–Kier alpha value is -0.990. The summed E-state index contributed by atoms with van der Waals surface area (Å²) < 4.78 is 0. The Labute approximate surface area is 107 Å². The Kier molecular flexibility index (Phi) is 4.08. The van der Waals surface area contributed by atoms with E-state index in [0.29, 0.717) is 6.04 Å². The van der Waals surface area contributed by atoms with Gasteiger partial charge in [0.25, 0.3) is 0 Å². The number of hydrogen-bond acceptors (Lipinski definition) is 1. The van der Waals surface area contributed by atoms with Crippen molar-refractivity contribution in [2.75, 3.05) is 6.54 Å². The van der Waals surface area contributed by atoms with Gasteiger partial charge in [0.05, 0.1) is 0 Å². The maximum absolute atomic E-state index is 6.05. The van der Waals surface area contributed by atoms with Crippen LogP contribution in [0.5, 0.6) is 0 Å². The summed E-state index contributed by atoms with van der Waals surface area (Å²) in [4.78, 5) is 3.30. The second-order valence-corrected chi connectivity index (χ2v) is 4.81. The van der Waals surface area contributed by atoms with Gasteiger partial charge in [0.2, 0.25) is 0 Å². The third kappa shape index (κ3) is 2.82. The highest BCUT2D eigenvalue weighted by Gasteiger charge is 2.10. The predicted molar refractivity (Wildman–Crippen MR) is 74.8 cm³/mol. The SMILES string of the molecule is CCNC(CC)Cc1c[nH]c2ccc(Cl)cc12. The third-order valence-electron chi connectivity index (χ3n) is 3.18. The molecule has 0 amide bonds. The van der Waals surface area contributed by atoms with Crippen molar-refractivity contribution in [3.63, 3.8) is 0 Å². The number of likely N-dealkylation sites (N-methyl/N-ethyl adjacent to an activating group) is 1. The van der Waals surface area contributed by atoms with Crippen LogP contribution in [0.25, 0.3) is 10.9 Å². The Morgan fingerprint density at radius 3 is 2.88 bits per heavy atom. The van der Waals surface area contributed by atoms with Crippen molar-refractivity contribution in [2.45, 2.75) is 32.7 Å². The van der Waals surface area contributed by atoms with Crippen LogP contribution in [0.3, 0.4) is 0 Å². The van der Waals surface area contributed by atoms with Crippen molar-refractivity contribution < 1.29 is 0 Å². The summed E-state index contributed by atoms with van der Waals surface area (Å²) in [7, 11) is 0. The highest BCUT2D eigenvalue weighted by atomic mass is 35.5. The lowest BCUT2D eigenvalue weighted by Gasteiger charge is -2.15. The molecule has 2 N–H and O–H groups in total. The molecule has 0 radical (unpaired) electrons. The zero-order chi connectivity index (χ0) is 12.3. The maximum Gasteiger partial charge on any atom is 0.0457 e. The number of nitrogens with one attached hydrogen (secondary N) is 2. The molecule has 2 nitrogen and oxygen atoms in total. The fourth-order valence-electron chi connectivity index (χ4n) is 2.23. The quantitative estimate of drug-likeness (QED) is 0.831. The molecule has 1 unspecified atom stereocenters. The molecule has 0 saturated heterocycles. The van der Waals surface area contributed by atoms with E-state index in [1.165, 1.54) is 10.9 Å². The van der Waals surface area contributed by atoms with E-state index in [-0.39, 0.29) is 0 Å². The van der Waals surface area contributed by atoms with E-state index in [1.54, 1.807) is 0 Å². The summed E-state index contributed by atoms with van der Waals surface area (Å²) in [6, 6.07) is 6.54. The number of benzene rings is 1. The van der Waals surface area contributed by atoms with Gasteiger partial charge in [-0.05, 0) is 43.1 Å². The van der Waals surface area contributed by atoms with Gasteiger partial charge in [0, 0.05) is 28.2 Å². The van der Waals surface area contributed by atoms with E-state index in [1.807, 2.05) is 18.2 Å². The summed E-state index contributed by atoms with van der Waals surface area (Å²) in [6.45, 7) is 5.38. The van der Waals surface area contributed by atoms with Crippen molar-refractivity contribution in [1.29, 1.82) is 0 Å². The number of H-pyrrole nitrogens is 1. The molecule has 0 spiro atoms. The summed E-state index contributed by atoms with van der Waals surface area (Å²) >= 11 is 6.05. The molecule has 92 valence electrons. The van der Waals surface area contributed by atoms with Crippen LogP contribution in [0.4, 0.5) is 0 Å². The number of rotatable bonds is 5. The van der Waals surface area contributed by atoms with E-state index in [0.717, 1.165) is 29.9 Å². The first kappa shape index (κ1) is 12.5. The molecular formula is C14H19ClN2. The fraction of sp³-hybridized carbons (Fsp3) is 0.429. The van der Waals surface area contributed by atoms with Crippen LogP contribution in [0.2, 0.25) is 5.02 Å². The Bertz CT molecular complexity index is 490. The minimum atomic E-state index is 0.540. The van der Waals surface area contributed by atoms with E-state index < -0.39 is 0 Å². The van der Waals surface area contributed by atoms with E-state index in [9.17, 15) is 0 Å². The average molecular weight is 251 g/mol. The Morgan fingerprint density at radius 2 is 2.18 bits per heavy atom. The van der Waals surface area contributed by atoms with Gasteiger partial charge in [0.1, 0.15) is 0 Å². The molecule has 1 aromatic heterocycles. The molecule has 2 aromatic rings. The molecule has 0 aliphatic heterocycles. The van der Waals surface area contributed by atoms with Crippen LogP contribution in [0.1, 0.15) is 25.8 Å². The lowest BCUT2D eigenvalue weighted by molar-refractivity contribution is 0.511. The van der Waals surface area contributed by atoms with Gasteiger partial charge in [-0.25, -0.2) is 0 Å². The lowest BCUT2D eigenvalue weighted by atomic mass is 10.0. The molecule has 1 heterocycles. The van der Waals surface area contributed by atoms with Gasteiger partial charge < -0.3 is 10.3 Å². The minimum Gasteiger partial charge on any atom is -0.361 e. The maximum atomic E-state index is 6.05. The zero-order valence-corrected chi connectivity index (χ0v) is 11.1. The highest BCUT2D eigenvalue weighted by Crippen LogP contribution is 2.23. The second kappa shape index (κ2) is 5.56. The van der Waals surface area contributed by atoms with E-state index in [2.05, 4.69) is 30.3 Å². The van der Waals surface area contributed by atoms with Crippen molar-refractivity contribution in [1.82, 2.24) is 10.3 Å². The number of aromatic amines is 1. The molecule has 1 aromatic carbocycles. The number of hydrogen-bond donors (Lipinski definition) is 2. The molecule has 17 heavy (non-hydrogen) atoms. The first-order valence-electron chi connectivity index (χ1n) is 6.23. The van der Waals surface area contributed by atoms with Gasteiger partial charge in [0.15, 0.2) is 0 Å². The molecule has 0 saturated carbocycles. The zero-order valence-electron chi connectivity index (χ0n) is 10.4. The molecule has 1 atom stereocenters. The monoisotopic (exact) mass is 250 g/mol. The first-order chi connectivity index (χ1) is 8.24. The highest BCUT2D eigenvalue weighted by molar-refractivity contribution is 6.31. The van der Waals surface area contributed by atoms with Crippen molar-refractivity contribution >= 4 is 22.5 Å². The van der Waals surface area contributed by atoms with Crippen LogP contribution in [0, 0.1) is 0 Å². The van der Waals surface area contributed by atoms with Gasteiger partial charge >= 0.3 is 0 Å². The smallest absolute Gasteiger partial charge is 0.0457 e. The largest absolute Gasteiger partial charge is 0.361 e. The molecule has 2 rings (SSSR count). The molecule has 0 fully saturated rings. The molecule has 0 aliphatic rings. The van der Waals surface area contributed by atoms with Gasteiger partial charge in [-0.15, -0.1) is 0 Å². The van der Waals surface area contributed by atoms with E-state index in [4.69, 9.17) is 11.6 Å². The Morgan fingerprint density at radius 1 is 1.35 bits per heavy atom. The molecule has 3 heteroatoms. The minimum absolute atomic E-state index is 0.540. The average Bonchev–Trinajstić information content (AvgIpc) is 2.71. The number of fused-ring (bicyclic) bond motifs is 1. The summed E-state index contributed by atoms with van der Waals surface area (Å²) in [5.74, 6) is 0. The summed E-state index contributed by atoms with van der Waals surface area (Å²) in [6.07, 6.45) is 4.28.